The molecule has 0 saturated heterocycles. The normalized spacial score (nSPS) is 0. The van der Waals surface area contributed by atoms with Crippen molar-refractivity contribution in [1.29, 1.82) is 0 Å². The largest absolute Gasteiger partial charge is 2.00 e. The molecule has 0 atom stereocenters. The van der Waals surface area contributed by atoms with E-state index < -0.39 is 0 Å². The summed E-state index contributed by atoms with van der Waals surface area (Å²) in [7, 11) is 0. The number of hydrogen-bond donors (Lipinski definition) is 0. The van der Waals surface area contributed by atoms with Crippen LogP contribution in [0.1, 0.15) is 0 Å². The molecule has 0 aliphatic heterocycles. The van der Waals surface area contributed by atoms with E-state index in [9.17, 15) is 0 Å². The molecule has 0 saturated carbocycles. The smallest absolute Gasteiger partial charge is 2.00 e. The van der Waals surface area contributed by atoms with Gasteiger partial charge in [-0.25, -0.2) is 0 Å². The van der Waals surface area contributed by atoms with Crippen molar-refractivity contribution < 1.29 is 41.3 Å². The van der Waals surface area contributed by atoms with Crippen LogP contribution in [0.4, 0.5) is 0 Å². The first-order chi connectivity index (χ1) is 0. The molecule has 26 valence electrons. The zero-order valence-electron chi connectivity index (χ0n) is 1.07. The van der Waals surface area contributed by atoms with E-state index in [2.05, 4.69) is 0 Å². The topological polar surface area (TPSA) is 0 Å². The van der Waals surface area contributed by atoms with Crippen LogP contribution in [-0.2, 0) is 16.5 Å². The van der Waals surface area contributed by atoms with Crippen LogP contribution >= 0.6 is 0 Å². The summed E-state index contributed by atoms with van der Waals surface area (Å²) in [6.07, 6.45) is 0. The molecule has 0 aromatic rings. The fourth-order valence-corrected chi connectivity index (χ4v) is 0. The Kier molecular flexibility index (Phi) is 178. The summed E-state index contributed by atoms with van der Waals surface area (Å²) in [6.45, 7) is 0. The minimum absolute atomic E-state index is 0. The van der Waals surface area contributed by atoms with Crippen molar-refractivity contribution in [1.82, 2.24) is 0 Å². The van der Waals surface area contributed by atoms with Crippen molar-refractivity contribution >= 4 is 29.6 Å². The summed E-state index contributed by atoms with van der Waals surface area (Å²) in [4.78, 5) is 0. The molecule has 4 heavy (non-hydrogen) atoms. The molecule has 4 heteroatoms. The number of hydrogen-bond acceptors (Lipinski definition) is 0. The maximum absolute atomic E-state index is 0. The Labute approximate surface area is 70.1 Å². The van der Waals surface area contributed by atoms with E-state index in [1.54, 1.807) is 0 Å². The summed E-state index contributed by atoms with van der Waals surface area (Å²) in [6, 6.07) is 0. The van der Waals surface area contributed by atoms with E-state index in [1.807, 2.05) is 0 Å². The molecule has 0 bridgehead atoms. The van der Waals surface area contributed by atoms with Crippen molar-refractivity contribution in [3.05, 3.63) is 0 Å². The summed E-state index contributed by atoms with van der Waals surface area (Å²) in [5.74, 6) is 0. The minimum atomic E-state index is 0. The Bertz CT molecular complexity index is 6.00. The quantitative estimate of drug-likeness (QED) is 0.304. The Balaban J connectivity index is 0. The maximum atomic E-state index is 0. The molecular weight excluding hydrogens is 153 g/mol. The van der Waals surface area contributed by atoms with E-state index in [1.165, 1.54) is 0 Å². The zero-order chi connectivity index (χ0) is 0. The Hall–Kier alpha value is 2.07. The van der Waals surface area contributed by atoms with E-state index >= 15 is 0 Å². The molecule has 0 fully saturated rings. The molecule has 0 aromatic carbocycles. The van der Waals surface area contributed by atoms with Crippen molar-refractivity contribution in [2.75, 3.05) is 0 Å². The SMILES string of the molecule is [Cl-].[Cl-].[NaH].[Ni+2]. The van der Waals surface area contributed by atoms with Crippen molar-refractivity contribution in [3.8, 4) is 0 Å². The second kappa shape index (κ2) is 19.6. The van der Waals surface area contributed by atoms with Crippen LogP contribution in [0.5, 0.6) is 0 Å². The van der Waals surface area contributed by atoms with Gasteiger partial charge in [-0.3, -0.25) is 0 Å². The van der Waals surface area contributed by atoms with Gasteiger partial charge in [0.1, 0.15) is 0 Å². The fraction of sp³-hybridized carbons (Fsp3) is 0. The first kappa shape index (κ1) is 36.4. The van der Waals surface area contributed by atoms with E-state index in [4.69, 9.17) is 0 Å². The summed E-state index contributed by atoms with van der Waals surface area (Å²) < 4.78 is 0. The van der Waals surface area contributed by atoms with E-state index in [0.717, 1.165) is 0 Å². The van der Waals surface area contributed by atoms with Crippen LogP contribution in [0.15, 0.2) is 0 Å². The van der Waals surface area contributed by atoms with E-state index in [-0.39, 0.29) is 70.9 Å². The summed E-state index contributed by atoms with van der Waals surface area (Å²) >= 11 is 0. The monoisotopic (exact) mass is 152 g/mol. The molecule has 0 heterocycles. The van der Waals surface area contributed by atoms with Crippen molar-refractivity contribution in [2.45, 2.75) is 0 Å². The Morgan fingerprint density at radius 1 is 0.750 bits per heavy atom. The van der Waals surface area contributed by atoms with Gasteiger partial charge in [0, 0.05) is 0 Å². The minimum Gasteiger partial charge on any atom is 2.00 e. The van der Waals surface area contributed by atoms with Crippen LogP contribution in [0.25, 0.3) is 0 Å². The van der Waals surface area contributed by atoms with Crippen LogP contribution < -0.4 is 24.8 Å². The average Bonchev–Trinajstić information content (AvgIpc) is 0. The number of rotatable bonds is 0. The van der Waals surface area contributed by atoms with Crippen molar-refractivity contribution in [3.63, 3.8) is 0 Å². The van der Waals surface area contributed by atoms with Gasteiger partial charge in [-0.1, -0.05) is 0 Å². The van der Waals surface area contributed by atoms with Gasteiger partial charge >= 0.3 is 46.0 Å². The third-order valence-electron chi connectivity index (χ3n) is 0. The van der Waals surface area contributed by atoms with Gasteiger partial charge in [0.2, 0.25) is 0 Å². The standard InChI is InChI=1S/2ClH.Na.Ni.H/h2*1H;;;/q;;;+2;/p-2. The van der Waals surface area contributed by atoms with Crippen LogP contribution in [0.3, 0.4) is 0 Å². The second-order valence-electron chi connectivity index (χ2n) is 0. The third kappa shape index (κ3) is 8.95. The molecule has 0 N–H and O–H groups in total. The second-order valence-corrected chi connectivity index (χ2v) is 0. The fourth-order valence-electron chi connectivity index (χ4n) is 0. The van der Waals surface area contributed by atoms with Crippen molar-refractivity contribution in [2.24, 2.45) is 0 Å². The molecule has 0 radical (unpaired) electrons. The Morgan fingerprint density at radius 2 is 0.750 bits per heavy atom. The molecule has 0 rings (SSSR count). The molecule has 0 unspecified atom stereocenters. The summed E-state index contributed by atoms with van der Waals surface area (Å²) in [5.41, 5.74) is 0. The average molecular weight is 154 g/mol. The third-order valence-corrected chi connectivity index (χ3v) is 0. The van der Waals surface area contributed by atoms with Gasteiger partial charge in [-0.05, 0) is 0 Å². The van der Waals surface area contributed by atoms with Crippen LogP contribution in [-0.4, -0.2) is 29.6 Å². The van der Waals surface area contributed by atoms with Gasteiger partial charge in [0.05, 0.1) is 0 Å². The maximum Gasteiger partial charge on any atom is 2.00 e. The number of halogens is 2. The Morgan fingerprint density at radius 3 is 0.750 bits per heavy atom. The first-order valence-corrected chi connectivity index (χ1v) is 0. The molecular formula is HCl2NaNi. The van der Waals surface area contributed by atoms with Gasteiger partial charge < -0.3 is 24.8 Å². The predicted molar refractivity (Wildman–Crippen MR) is 7.15 cm³/mol. The van der Waals surface area contributed by atoms with E-state index in [0.29, 0.717) is 0 Å². The van der Waals surface area contributed by atoms with Gasteiger partial charge in [-0.15, -0.1) is 0 Å². The molecule has 0 aliphatic rings. The summed E-state index contributed by atoms with van der Waals surface area (Å²) in [5, 5.41) is 0. The van der Waals surface area contributed by atoms with Gasteiger partial charge in [0.15, 0.2) is 0 Å². The molecule has 0 aromatic heterocycles. The molecule has 0 amide bonds. The molecule has 0 nitrogen and oxygen atoms in total. The van der Waals surface area contributed by atoms with Gasteiger partial charge in [0.25, 0.3) is 0 Å². The van der Waals surface area contributed by atoms with Crippen LogP contribution in [0.2, 0.25) is 0 Å². The zero-order valence-corrected chi connectivity index (χ0v) is 3.57. The van der Waals surface area contributed by atoms with Gasteiger partial charge in [-0.2, -0.15) is 0 Å². The molecule has 0 spiro atoms. The van der Waals surface area contributed by atoms with Crippen LogP contribution in [0, 0.1) is 0 Å². The molecule has 0 aliphatic carbocycles. The predicted octanol–water partition coefficient (Wildman–Crippen LogP) is -6.64. The first-order valence-electron chi connectivity index (χ1n) is 0.